The van der Waals surface area contributed by atoms with Gasteiger partial charge in [-0.3, -0.25) is 4.79 Å². The van der Waals surface area contributed by atoms with Crippen molar-refractivity contribution in [3.05, 3.63) is 168 Å². The summed E-state index contributed by atoms with van der Waals surface area (Å²) >= 11 is 0. The van der Waals surface area contributed by atoms with E-state index in [1.54, 1.807) is 0 Å². The van der Waals surface area contributed by atoms with Gasteiger partial charge in [0.15, 0.2) is 5.78 Å². The first-order chi connectivity index (χ1) is 22.0. The van der Waals surface area contributed by atoms with Crippen LogP contribution in [0.2, 0.25) is 0 Å². The van der Waals surface area contributed by atoms with E-state index >= 15 is 0 Å². The molecule has 0 atom stereocenters. The number of hydrogen-bond donors (Lipinski definition) is 1. The van der Waals surface area contributed by atoms with Gasteiger partial charge in [-0.1, -0.05) is 96.6 Å². The SMILES string of the molecule is CC(=O)/C=C(/C)O.[Pt].[c-]1cc(-n2c3ccccc3c3ccccc32)cc2c1-c1ncccc1C21c2ccccc2-c2ccccc21. The average Bonchev–Trinajstić information content (AvgIpc) is 3.66. The fourth-order valence-corrected chi connectivity index (χ4v) is 7.47. The van der Waals surface area contributed by atoms with Gasteiger partial charge in [-0.2, -0.15) is 0 Å². The van der Waals surface area contributed by atoms with Gasteiger partial charge in [0.1, 0.15) is 0 Å². The van der Waals surface area contributed by atoms with Crippen LogP contribution < -0.4 is 0 Å². The number of nitrogens with zero attached hydrogens (tertiary/aromatic N) is 2. The molecule has 46 heavy (non-hydrogen) atoms. The minimum atomic E-state index is -0.419. The molecule has 1 N–H and O–H groups in total. The van der Waals surface area contributed by atoms with Gasteiger partial charge in [-0.15, -0.1) is 29.3 Å². The van der Waals surface area contributed by atoms with Gasteiger partial charge < -0.3 is 14.7 Å². The first-order valence-electron chi connectivity index (χ1n) is 15.1. The zero-order valence-electron chi connectivity index (χ0n) is 25.3. The van der Waals surface area contributed by atoms with Crippen LogP contribution in [0.5, 0.6) is 0 Å². The number of aliphatic hydroxyl groups is 1. The smallest absolute Gasteiger partial charge is 0.155 e. The summed E-state index contributed by atoms with van der Waals surface area (Å²) < 4.78 is 2.39. The van der Waals surface area contributed by atoms with Crippen LogP contribution in [0.3, 0.4) is 0 Å². The Hall–Kier alpha value is -5.05. The second-order valence-corrected chi connectivity index (χ2v) is 11.7. The minimum absolute atomic E-state index is 0. The average molecular weight is 777 g/mol. The number of hydrogen-bond acceptors (Lipinski definition) is 3. The third-order valence-electron chi connectivity index (χ3n) is 8.98. The summed E-state index contributed by atoms with van der Waals surface area (Å²) in [5.74, 6) is -0.0625. The molecule has 1 spiro atoms. The fraction of sp³-hybridized carbons (Fsp3) is 0.0732. The maximum atomic E-state index is 10.0. The van der Waals surface area contributed by atoms with Gasteiger partial charge in [0.25, 0.3) is 0 Å². The summed E-state index contributed by atoms with van der Waals surface area (Å²) in [4.78, 5) is 14.9. The molecule has 0 fully saturated rings. The van der Waals surface area contributed by atoms with Crippen molar-refractivity contribution in [1.82, 2.24) is 9.55 Å². The largest absolute Gasteiger partial charge is 0.512 e. The summed E-state index contributed by atoms with van der Waals surface area (Å²) in [5.41, 5.74) is 13.0. The van der Waals surface area contributed by atoms with Crippen LogP contribution in [0.4, 0.5) is 0 Å². The van der Waals surface area contributed by atoms with Gasteiger partial charge >= 0.3 is 0 Å². The third-order valence-corrected chi connectivity index (χ3v) is 8.98. The van der Waals surface area contributed by atoms with Crippen LogP contribution in [-0.2, 0) is 31.3 Å². The monoisotopic (exact) mass is 776 g/mol. The Kier molecular flexibility index (Phi) is 7.34. The summed E-state index contributed by atoms with van der Waals surface area (Å²) in [7, 11) is 0. The predicted molar refractivity (Wildman–Crippen MR) is 181 cm³/mol. The Bertz CT molecular complexity index is 2230. The van der Waals surface area contributed by atoms with Crippen molar-refractivity contribution in [2.75, 3.05) is 0 Å². The van der Waals surface area contributed by atoms with E-state index in [4.69, 9.17) is 10.1 Å². The standard InChI is InChI=1S/C36H21N2.C5H8O2.Pt/c1-5-14-29-24(10-1)25-11-2-6-15-30(25)36(29)31-16-9-21-37-35(31)28-20-19-23(22-32(28)36)38-33-17-7-3-12-26(33)27-13-4-8-18-34(27)38;1-4(6)3-5(2)7;/h1-19,21-22H;3,6H,1-2H3;/q-1;;/b;4-3-;. The van der Waals surface area contributed by atoms with E-state index in [-0.39, 0.29) is 32.6 Å². The van der Waals surface area contributed by atoms with E-state index in [0.29, 0.717) is 0 Å². The van der Waals surface area contributed by atoms with Gasteiger partial charge in [0, 0.05) is 60.6 Å². The number of fused-ring (bicyclic) bond motifs is 13. The molecule has 5 aromatic carbocycles. The molecule has 5 heteroatoms. The van der Waals surface area contributed by atoms with Crippen LogP contribution in [0, 0.1) is 6.07 Å². The van der Waals surface area contributed by atoms with Crippen LogP contribution in [-0.4, -0.2) is 20.4 Å². The molecule has 9 rings (SSSR count). The Morgan fingerprint density at radius 2 is 1.28 bits per heavy atom. The van der Waals surface area contributed by atoms with Gasteiger partial charge in [0.2, 0.25) is 0 Å². The van der Waals surface area contributed by atoms with E-state index in [2.05, 4.69) is 132 Å². The van der Waals surface area contributed by atoms with E-state index in [0.717, 1.165) is 16.9 Å². The molecular formula is C41H29N2O2Pt-. The predicted octanol–water partition coefficient (Wildman–Crippen LogP) is 9.36. The molecule has 7 aromatic rings. The van der Waals surface area contributed by atoms with Crippen LogP contribution >= 0.6 is 0 Å². The van der Waals surface area contributed by atoms with Crippen molar-refractivity contribution >= 4 is 27.6 Å². The molecule has 0 saturated heterocycles. The topological polar surface area (TPSA) is 55.1 Å². The number of aromatic nitrogens is 2. The number of benzene rings is 5. The van der Waals surface area contributed by atoms with Crippen molar-refractivity contribution in [3.8, 4) is 28.1 Å². The first kappa shape index (κ1) is 29.6. The Labute approximate surface area is 281 Å². The van der Waals surface area contributed by atoms with Crippen molar-refractivity contribution in [2.24, 2.45) is 0 Å². The number of carbonyl (C=O) groups excluding carboxylic acids is 1. The van der Waals surface area contributed by atoms with Crippen LogP contribution in [0.1, 0.15) is 36.1 Å². The number of carbonyl (C=O) groups is 1. The van der Waals surface area contributed by atoms with Crippen molar-refractivity contribution in [1.29, 1.82) is 0 Å². The molecule has 0 saturated carbocycles. The van der Waals surface area contributed by atoms with Crippen molar-refractivity contribution in [3.63, 3.8) is 0 Å². The maximum absolute atomic E-state index is 10.0. The van der Waals surface area contributed by atoms with Gasteiger partial charge in [-0.05, 0) is 65.7 Å². The number of ketones is 1. The minimum Gasteiger partial charge on any atom is -0.512 e. The second-order valence-electron chi connectivity index (χ2n) is 11.7. The molecule has 0 amide bonds. The normalized spacial score (nSPS) is 13.3. The number of pyridine rings is 1. The zero-order valence-corrected chi connectivity index (χ0v) is 27.5. The zero-order chi connectivity index (χ0) is 30.7. The summed E-state index contributed by atoms with van der Waals surface area (Å²) in [6, 6.07) is 47.7. The molecule has 2 aliphatic rings. The molecule has 226 valence electrons. The van der Waals surface area contributed by atoms with E-state index in [9.17, 15) is 4.79 Å². The number of aliphatic hydroxyl groups excluding tert-OH is 1. The quantitative estimate of drug-likeness (QED) is 0.108. The molecule has 0 aliphatic heterocycles. The summed E-state index contributed by atoms with van der Waals surface area (Å²) in [5, 5.41) is 10.9. The van der Waals surface area contributed by atoms with E-state index in [1.807, 2.05) is 6.20 Å². The first-order valence-corrected chi connectivity index (χ1v) is 15.1. The molecule has 0 radical (unpaired) electrons. The Morgan fingerprint density at radius 1 is 0.739 bits per heavy atom. The van der Waals surface area contributed by atoms with Gasteiger partial charge in [0.05, 0.1) is 5.76 Å². The molecule has 0 unspecified atom stereocenters. The summed E-state index contributed by atoms with van der Waals surface area (Å²) in [6.07, 6.45) is 3.07. The van der Waals surface area contributed by atoms with Crippen LogP contribution in [0.15, 0.2) is 139 Å². The molecule has 4 nitrogen and oxygen atoms in total. The number of para-hydroxylation sites is 2. The number of rotatable bonds is 2. The summed E-state index contributed by atoms with van der Waals surface area (Å²) in [6.45, 7) is 2.85. The number of allylic oxidation sites excluding steroid dienone is 2. The molecule has 2 heterocycles. The third kappa shape index (κ3) is 4.24. The maximum Gasteiger partial charge on any atom is 0.155 e. The van der Waals surface area contributed by atoms with E-state index < -0.39 is 5.41 Å². The molecule has 0 bridgehead atoms. The Morgan fingerprint density at radius 3 is 1.85 bits per heavy atom. The Balaban J connectivity index is 0.000000384. The van der Waals surface area contributed by atoms with Crippen LogP contribution in [0.25, 0.3) is 49.9 Å². The van der Waals surface area contributed by atoms with Crippen molar-refractivity contribution < 1.29 is 31.0 Å². The molecule has 2 aliphatic carbocycles. The van der Waals surface area contributed by atoms with Crippen molar-refractivity contribution in [2.45, 2.75) is 19.3 Å². The second kappa shape index (κ2) is 11.4. The fourth-order valence-electron chi connectivity index (χ4n) is 7.47. The van der Waals surface area contributed by atoms with Gasteiger partial charge in [-0.25, -0.2) is 0 Å². The molecule has 2 aromatic heterocycles. The molecular weight excluding hydrogens is 748 g/mol. The van der Waals surface area contributed by atoms with E-state index in [1.165, 1.54) is 75.1 Å².